The smallest absolute Gasteiger partial charge is 0.411 e. The summed E-state index contributed by atoms with van der Waals surface area (Å²) in [5, 5.41) is 9.79. The molecule has 1 fully saturated rings. The Morgan fingerprint density at radius 2 is 2.04 bits per heavy atom. The van der Waals surface area contributed by atoms with E-state index in [0.717, 1.165) is 36.3 Å². The molecule has 1 aliphatic heterocycles. The average Bonchev–Trinajstić information content (AvgIpc) is 2.97. The number of nitrogens with zero attached hydrogens (tertiary/aromatic N) is 2. The zero-order valence-corrected chi connectivity index (χ0v) is 14.3. The van der Waals surface area contributed by atoms with Crippen LogP contribution in [0.4, 0.5) is 10.5 Å². The van der Waals surface area contributed by atoms with Crippen LogP contribution in [-0.2, 0) is 0 Å². The quantitative estimate of drug-likeness (QED) is 0.921. The lowest BCUT2D eigenvalue weighted by Crippen LogP contribution is -2.35. The highest BCUT2D eigenvalue weighted by atomic mass is 16.4. The van der Waals surface area contributed by atoms with Gasteiger partial charge < -0.3 is 10.0 Å². The van der Waals surface area contributed by atoms with Crippen molar-refractivity contribution in [3.63, 3.8) is 0 Å². The van der Waals surface area contributed by atoms with E-state index in [9.17, 15) is 9.90 Å². The van der Waals surface area contributed by atoms with Crippen molar-refractivity contribution in [2.75, 3.05) is 31.6 Å². The van der Waals surface area contributed by atoms with Crippen molar-refractivity contribution in [2.24, 2.45) is 5.92 Å². The van der Waals surface area contributed by atoms with Crippen LogP contribution >= 0.6 is 0 Å². The summed E-state index contributed by atoms with van der Waals surface area (Å²) in [6, 6.07) is 16.0. The monoisotopic (exact) mass is 324 g/mol. The number of aryl methyl sites for hydroxylation is 1. The van der Waals surface area contributed by atoms with Gasteiger partial charge in [-0.1, -0.05) is 48.0 Å². The van der Waals surface area contributed by atoms with Gasteiger partial charge in [-0.2, -0.15) is 0 Å². The Kier molecular flexibility index (Phi) is 4.86. The molecule has 1 aliphatic rings. The van der Waals surface area contributed by atoms with E-state index in [0.29, 0.717) is 12.5 Å². The number of benzene rings is 2. The molecule has 2 aromatic carbocycles. The molecular formula is C20H24N2O2. The number of rotatable bonds is 4. The van der Waals surface area contributed by atoms with Crippen molar-refractivity contribution in [2.45, 2.75) is 13.3 Å². The van der Waals surface area contributed by atoms with Crippen LogP contribution in [0.3, 0.4) is 0 Å². The number of anilines is 1. The third kappa shape index (κ3) is 3.60. The number of amides is 1. The molecule has 0 aromatic heterocycles. The summed E-state index contributed by atoms with van der Waals surface area (Å²) in [6.45, 7) is 4.59. The van der Waals surface area contributed by atoms with E-state index in [4.69, 9.17) is 0 Å². The first-order valence-electron chi connectivity index (χ1n) is 8.39. The zero-order valence-electron chi connectivity index (χ0n) is 14.3. The molecule has 1 atom stereocenters. The number of hydrogen-bond acceptors (Lipinski definition) is 2. The lowest BCUT2D eigenvalue weighted by atomic mass is 10.00. The van der Waals surface area contributed by atoms with E-state index in [-0.39, 0.29) is 0 Å². The van der Waals surface area contributed by atoms with Gasteiger partial charge in [-0.3, -0.25) is 4.90 Å². The molecule has 24 heavy (non-hydrogen) atoms. The molecule has 1 N–H and O–H groups in total. The number of hydrogen-bond donors (Lipinski definition) is 1. The first kappa shape index (κ1) is 16.5. The molecule has 1 heterocycles. The second kappa shape index (κ2) is 7.05. The summed E-state index contributed by atoms with van der Waals surface area (Å²) in [7, 11) is 2.09. The second-order valence-electron chi connectivity index (χ2n) is 6.70. The Morgan fingerprint density at radius 1 is 1.25 bits per heavy atom. The van der Waals surface area contributed by atoms with E-state index in [1.807, 2.05) is 36.4 Å². The van der Waals surface area contributed by atoms with E-state index < -0.39 is 6.09 Å². The van der Waals surface area contributed by atoms with E-state index >= 15 is 0 Å². The van der Waals surface area contributed by atoms with Crippen LogP contribution in [0.1, 0.15) is 12.0 Å². The highest BCUT2D eigenvalue weighted by Crippen LogP contribution is 2.32. The molecule has 3 rings (SSSR count). The second-order valence-corrected chi connectivity index (χ2v) is 6.70. The van der Waals surface area contributed by atoms with Crippen molar-refractivity contribution in [3.8, 4) is 11.1 Å². The summed E-state index contributed by atoms with van der Waals surface area (Å²) in [5.41, 5.74) is 3.96. The Bertz CT molecular complexity index is 729. The third-order valence-corrected chi connectivity index (χ3v) is 4.68. The molecule has 2 aromatic rings. The van der Waals surface area contributed by atoms with Gasteiger partial charge in [0, 0.05) is 18.7 Å². The standard InChI is InChI=1S/C20H24N2O2/c1-15-6-5-7-17(12-15)18-8-3-4-9-19(18)22(20(23)24)14-16-10-11-21(2)13-16/h3-9,12,16H,10-11,13-14H2,1-2H3,(H,23,24)/t16-/m1/s1. The normalized spacial score (nSPS) is 17.8. The minimum atomic E-state index is -0.885. The molecule has 0 unspecified atom stereocenters. The first-order chi connectivity index (χ1) is 11.5. The van der Waals surface area contributed by atoms with Crippen LogP contribution in [0, 0.1) is 12.8 Å². The molecule has 4 nitrogen and oxygen atoms in total. The third-order valence-electron chi connectivity index (χ3n) is 4.68. The fourth-order valence-electron chi connectivity index (χ4n) is 3.48. The molecule has 4 heteroatoms. The number of para-hydroxylation sites is 1. The predicted octanol–water partition coefficient (Wildman–Crippen LogP) is 4.10. The van der Waals surface area contributed by atoms with E-state index in [1.54, 1.807) is 0 Å². The van der Waals surface area contributed by atoms with Gasteiger partial charge in [0.2, 0.25) is 0 Å². The molecule has 0 spiro atoms. The van der Waals surface area contributed by atoms with Gasteiger partial charge in [-0.15, -0.1) is 0 Å². The maximum Gasteiger partial charge on any atom is 0.411 e. The molecule has 0 saturated carbocycles. The highest BCUT2D eigenvalue weighted by molar-refractivity contribution is 5.92. The van der Waals surface area contributed by atoms with E-state index in [1.165, 1.54) is 10.5 Å². The Morgan fingerprint density at radius 3 is 2.71 bits per heavy atom. The summed E-state index contributed by atoms with van der Waals surface area (Å²) in [5.74, 6) is 0.386. The van der Waals surface area contributed by atoms with Gasteiger partial charge in [0.25, 0.3) is 0 Å². The van der Waals surface area contributed by atoms with Crippen LogP contribution in [0.15, 0.2) is 48.5 Å². The molecule has 0 bridgehead atoms. The highest BCUT2D eigenvalue weighted by Gasteiger charge is 2.26. The van der Waals surface area contributed by atoms with Gasteiger partial charge in [0.15, 0.2) is 0 Å². The van der Waals surface area contributed by atoms with Gasteiger partial charge in [0.1, 0.15) is 0 Å². The van der Waals surface area contributed by atoms with Crippen LogP contribution in [0.25, 0.3) is 11.1 Å². The van der Waals surface area contributed by atoms with Gasteiger partial charge in [-0.25, -0.2) is 4.79 Å². The van der Waals surface area contributed by atoms with Gasteiger partial charge in [0.05, 0.1) is 5.69 Å². The van der Waals surface area contributed by atoms with Crippen molar-refractivity contribution in [3.05, 3.63) is 54.1 Å². The summed E-state index contributed by atoms with van der Waals surface area (Å²) in [4.78, 5) is 15.7. The van der Waals surface area contributed by atoms with Crippen molar-refractivity contribution in [1.29, 1.82) is 0 Å². The SMILES string of the molecule is Cc1cccc(-c2ccccc2N(C[C@@H]2CCN(C)C2)C(=O)O)c1. The van der Waals surface area contributed by atoms with Gasteiger partial charge in [-0.05, 0) is 44.5 Å². The molecule has 0 aliphatic carbocycles. The van der Waals surface area contributed by atoms with Gasteiger partial charge >= 0.3 is 6.09 Å². The van der Waals surface area contributed by atoms with Crippen molar-refractivity contribution < 1.29 is 9.90 Å². The Balaban J connectivity index is 1.95. The Labute approximate surface area is 143 Å². The molecule has 126 valence electrons. The van der Waals surface area contributed by atoms with Crippen LogP contribution in [0.5, 0.6) is 0 Å². The predicted molar refractivity (Wildman–Crippen MR) is 97.6 cm³/mol. The minimum Gasteiger partial charge on any atom is -0.465 e. The molecule has 0 radical (unpaired) electrons. The first-order valence-corrected chi connectivity index (χ1v) is 8.39. The van der Waals surface area contributed by atoms with E-state index in [2.05, 4.69) is 31.0 Å². The summed E-state index contributed by atoms with van der Waals surface area (Å²) < 4.78 is 0. The average molecular weight is 324 g/mol. The number of carbonyl (C=O) groups is 1. The fourth-order valence-corrected chi connectivity index (χ4v) is 3.48. The summed E-state index contributed by atoms with van der Waals surface area (Å²) in [6.07, 6.45) is 0.164. The Hall–Kier alpha value is -2.33. The van der Waals surface area contributed by atoms with Crippen LogP contribution < -0.4 is 4.90 Å². The topological polar surface area (TPSA) is 43.8 Å². The molecule has 1 amide bonds. The van der Waals surface area contributed by atoms with Crippen molar-refractivity contribution >= 4 is 11.8 Å². The largest absolute Gasteiger partial charge is 0.465 e. The zero-order chi connectivity index (χ0) is 17.1. The lowest BCUT2D eigenvalue weighted by molar-refractivity contribution is 0.200. The summed E-state index contributed by atoms with van der Waals surface area (Å²) >= 11 is 0. The van der Waals surface area contributed by atoms with Crippen LogP contribution in [-0.4, -0.2) is 42.8 Å². The number of likely N-dealkylation sites (tertiary alicyclic amines) is 1. The maximum absolute atomic E-state index is 11.9. The van der Waals surface area contributed by atoms with Crippen molar-refractivity contribution in [1.82, 2.24) is 4.90 Å². The fraction of sp³-hybridized carbons (Fsp3) is 0.350. The molecule has 1 saturated heterocycles. The molecular weight excluding hydrogens is 300 g/mol. The maximum atomic E-state index is 11.9. The minimum absolute atomic E-state index is 0.386. The van der Waals surface area contributed by atoms with Crippen LogP contribution in [0.2, 0.25) is 0 Å². The lowest BCUT2D eigenvalue weighted by Gasteiger charge is -2.25. The number of carboxylic acid groups (broad SMARTS) is 1.